The maximum absolute atomic E-state index is 5.31. The van der Waals surface area contributed by atoms with Crippen molar-refractivity contribution < 1.29 is 4.74 Å². The highest BCUT2D eigenvalue weighted by Crippen LogP contribution is 1.91. The maximum Gasteiger partial charge on any atom is 0.0465 e. The van der Waals surface area contributed by atoms with Gasteiger partial charge in [-0.05, 0) is 12.8 Å². The Bertz CT molecular complexity index is 61.9. The standard InChI is InChI=1S/C8H18O.C2H4Cl2/c1-3-5-7-9-8-6-4-2;3-1-2-4/h3-8H2,1-2H3;1-2H2. The zero-order valence-corrected chi connectivity index (χ0v) is 10.3. The molecule has 0 rings (SSSR count). The Morgan fingerprint density at radius 3 is 1.46 bits per heavy atom. The molecule has 0 atom stereocenters. The first kappa shape index (κ1) is 16.0. The predicted molar refractivity (Wildman–Crippen MR) is 62.1 cm³/mol. The molecular formula is C10H22Cl2O. The highest BCUT2D eigenvalue weighted by Gasteiger charge is 1.84. The third-order valence-corrected chi connectivity index (χ3v) is 1.93. The van der Waals surface area contributed by atoms with Crippen molar-refractivity contribution in [2.45, 2.75) is 39.5 Å². The van der Waals surface area contributed by atoms with E-state index in [2.05, 4.69) is 13.8 Å². The van der Waals surface area contributed by atoms with Crippen LogP contribution in [0.3, 0.4) is 0 Å². The van der Waals surface area contributed by atoms with Crippen LogP contribution in [0.1, 0.15) is 39.5 Å². The van der Waals surface area contributed by atoms with Crippen molar-refractivity contribution in [2.75, 3.05) is 25.0 Å². The fourth-order valence-electron chi connectivity index (χ4n) is 0.595. The van der Waals surface area contributed by atoms with Crippen molar-refractivity contribution in [1.82, 2.24) is 0 Å². The molecule has 0 aliphatic carbocycles. The average molecular weight is 229 g/mol. The van der Waals surface area contributed by atoms with Gasteiger partial charge in [0.2, 0.25) is 0 Å². The van der Waals surface area contributed by atoms with Crippen LogP contribution >= 0.6 is 23.2 Å². The maximum atomic E-state index is 5.31. The third kappa shape index (κ3) is 24.5. The molecule has 3 heteroatoms. The van der Waals surface area contributed by atoms with E-state index in [9.17, 15) is 0 Å². The summed E-state index contributed by atoms with van der Waals surface area (Å²) in [5, 5.41) is 0. The van der Waals surface area contributed by atoms with Gasteiger partial charge in [0.15, 0.2) is 0 Å². The van der Waals surface area contributed by atoms with Gasteiger partial charge in [-0.1, -0.05) is 26.7 Å². The number of unbranched alkanes of at least 4 members (excludes halogenated alkanes) is 2. The second-order valence-corrected chi connectivity index (χ2v) is 3.45. The number of hydrogen-bond acceptors (Lipinski definition) is 1. The number of alkyl halides is 2. The molecule has 0 heterocycles. The zero-order valence-electron chi connectivity index (χ0n) is 8.82. The normalized spacial score (nSPS) is 9.23. The molecule has 82 valence electrons. The Labute approximate surface area is 92.7 Å². The molecule has 0 aliphatic rings. The first-order valence-corrected chi connectivity index (χ1v) is 6.10. The molecule has 0 saturated heterocycles. The molecule has 0 aliphatic heterocycles. The van der Waals surface area contributed by atoms with Gasteiger partial charge >= 0.3 is 0 Å². The summed E-state index contributed by atoms with van der Waals surface area (Å²) in [6.07, 6.45) is 4.91. The lowest BCUT2D eigenvalue weighted by molar-refractivity contribution is 0.128. The summed E-state index contributed by atoms with van der Waals surface area (Å²) in [4.78, 5) is 0. The van der Waals surface area contributed by atoms with Gasteiger partial charge in [0, 0.05) is 25.0 Å². The summed E-state index contributed by atoms with van der Waals surface area (Å²) in [7, 11) is 0. The van der Waals surface area contributed by atoms with E-state index in [4.69, 9.17) is 27.9 Å². The zero-order chi connectivity index (χ0) is 10.4. The number of hydrogen-bond donors (Lipinski definition) is 0. The lowest BCUT2D eigenvalue weighted by atomic mass is 10.3. The van der Waals surface area contributed by atoms with Crippen molar-refractivity contribution >= 4 is 23.2 Å². The minimum Gasteiger partial charge on any atom is -0.381 e. The van der Waals surface area contributed by atoms with Crippen LogP contribution in [-0.4, -0.2) is 25.0 Å². The van der Waals surface area contributed by atoms with E-state index in [0.29, 0.717) is 11.8 Å². The van der Waals surface area contributed by atoms with Gasteiger partial charge in [-0.15, -0.1) is 23.2 Å². The summed E-state index contributed by atoms with van der Waals surface area (Å²) < 4.78 is 5.31. The highest BCUT2D eigenvalue weighted by molar-refractivity contribution is 6.25. The second kappa shape index (κ2) is 18.3. The fraction of sp³-hybridized carbons (Fsp3) is 1.00. The Kier molecular flexibility index (Phi) is 22.6. The van der Waals surface area contributed by atoms with Crippen LogP contribution in [0.4, 0.5) is 0 Å². The molecule has 0 bridgehead atoms. The van der Waals surface area contributed by atoms with Crippen LogP contribution in [0, 0.1) is 0 Å². The second-order valence-electron chi connectivity index (χ2n) is 2.70. The lowest BCUT2D eigenvalue weighted by Crippen LogP contribution is -1.95. The van der Waals surface area contributed by atoms with E-state index in [-0.39, 0.29) is 0 Å². The quantitative estimate of drug-likeness (QED) is 0.472. The van der Waals surface area contributed by atoms with E-state index in [1.165, 1.54) is 25.7 Å². The van der Waals surface area contributed by atoms with Crippen LogP contribution in [0.25, 0.3) is 0 Å². The summed E-state index contributed by atoms with van der Waals surface area (Å²) >= 11 is 10.1. The first-order valence-electron chi connectivity index (χ1n) is 5.03. The molecule has 0 radical (unpaired) electrons. The van der Waals surface area contributed by atoms with E-state index >= 15 is 0 Å². The molecule has 0 N–H and O–H groups in total. The first-order chi connectivity index (χ1) is 6.33. The van der Waals surface area contributed by atoms with Gasteiger partial charge in [-0.25, -0.2) is 0 Å². The minimum atomic E-state index is 0.557. The SMILES string of the molecule is CCCCOCCCC.ClCCCl. The molecule has 13 heavy (non-hydrogen) atoms. The number of ether oxygens (including phenoxy) is 1. The summed E-state index contributed by atoms with van der Waals surface area (Å²) in [6, 6.07) is 0. The average Bonchev–Trinajstić information content (AvgIpc) is 2.18. The van der Waals surface area contributed by atoms with Crippen LogP contribution < -0.4 is 0 Å². The number of rotatable bonds is 7. The Balaban J connectivity index is 0. The van der Waals surface area contributed by atoms with Crippen molar-refractivity contribution in [3.8, 4) is 0 Å². The van der Waals surface area contributed by atoms with Gasteiger partial charge in [-0.2, -0.15) is 0 Å². The van der Waals surface area contributed by atoms with E-state index in [1.54, 1.807) is 0 Å². The van der Waals surface area contributed by atoms with Gasteiger partial charge in [-0.3, -0.25) is 0 Å². The van der Waals surface area contributed by atoms with Gasteiger partial charge in [0.25, 0.3) is 0 Å². The summed E-state index contributed by atoms with van der Waals surface area (Å²) in [5.74, 6) is 1.11. The predicted octanol–water partition coefficient (Wildman–Crippen LogP) is 4.07. The molecule has 0 saturated carbocycles. The molecule has 0 aromatic carbocycles. The highest BCUT2D eigenvalue weighted by atomic mass is 35.5. The van der Waals surface area contributed by atoms with Gasteiger partial charge in [0.1, 0.15) is 0 Å². The lowest BCUT2D eigenvalue weighted by Gasteiger charge is -1.99. The molecule has 1 nitrogen and oxygen atoms in total. The van der Waals surface area contributed by atoms with E-state index in [0.717, 1.165) is 13.2 Å². The topological polar surface area (TPSA) is 9.23 Å². The van der Waals surface area contributed by atoms with Crippen LogP contribution in [0.2, 0.25) is 0 Å². The van der Waals surface area contributed by atoms with E-state index < -0.39 is 0 Å². The van der Waals surface area contributed by atoms with Crippen molar-refractivity contribution in [1.29, 1.82) is 0 Å². The van der Waals surface area contributed by atoms with Crippen LogP contribution in [0.15, 0.2) is 0 Å². The van der Waals surface area contributed by atoms with Crippen LogP contribution in [-0.2, 0) is 4.74 Å². The third-order valence-electron chi connectivity index (χ3n) is 1.36. The summed E-state index contributed by atoms with van der Waals surface area (Å²) in [6.45, 7) is 6.28. The van der Waals surface area contributed by atoms with Crippen molar-refractivity contribution in [3.63, 3.8) is 0 Å². The summed E-state index contributed by atoms with van der Waals surface area (Å²) in [5.41, 5.74) is 0. The fourth-order valence-corrected chi connectivity index (χ4v) is 0.595. The largest absolute Gasteiger partial charge is 0.381 e. The van der Waals surface area contributed by atoms with Gasteiger partial charge in [0.05, 0.1) is 0 Å². The monoisotopic (exact) mass is 228 g/mol. The minimum absolute atomic E-state index is 0.557. The van der Waals surface area contributed by atoms with Crippen LogP contribution in [0.5, 0.6) is 0 Å². The Morgan fingerprint density at radius 2 is 1.23 bits per heavy atom. The molecule has 0 amide bonds. The Morgan fingerprint density at radius 1 is 0.846 bits per heavy atom. The molecule has 0 unspecified atom stereocenters. The molecule has 0 spiro atoms. The smallest absolute Gasteiger partial charge is 0.0465 e. The molecule has 0 aromatic rings. The number of halogens is 2. The van der Waals surface area contributed by atoms with Crippen molar-refractivity contribution in [2.24, 2.45) is 0 Å². The molecular weight excluding hydrogens is 207 g/mol. The molecule has 0 fully saturated rings. The Hall–Kier alpha value is 0.540. The van der Waals surface area contributed by atoms with Crippen molar-refractivity contribution in [3.05, 3.63) is 0 Å². The van der Waals surface area contributed by atoms with Gasteiger partial charge < -0.3 is 4.74 Å². The van der Waals surface area contributed by atoms with E-state index in [1.807, 2.05) is 0 Å². The molecule has 0 aromatic heterocycles.